The van der Waals surface area contributed by atoms with Crippen LogP contribution in [-0.2, 0) is 14.3 Å². The van der Waals surface area contributed by atoms with Gasteiger partial charge in [0.15, 0.2) is 23.1 Å². The van der Waals surface area contributed by atoms with Crippen LogP contribution in [0.15, 0.2) is 39.1 Å². The Balaban J connectivity index is 2.01. The van der Waals surface area contributed by atoms with Crippen molar-refractivity contribution >= 4 is 27.5 Å². The van der Waals surface area contributed by atoms with E-state index >= 15 is 0 Å². The molecule has 1 aromatic rings. The SMILES string of the molecule is CCOc1cc(C2C3=C(CC(C)(C)CC3=O)N(CCOC)C3=C2C(=O)CC(C)(C)C3)cc(Br)c1OC. The van der Waals surface area contributed by atoms with Crippen LogP contribution in [-0.4, -0.2) is 50.4 Å². The van der Waals surface area contributed by atoms with Crippen LogP contribution in [0.1, 0.15) is 71.8 Å². The van der Waals surface area contributed by atoms with Gasteiger partial charge in [0.05, 0.1) is 24.8 Å². The third-order valence-corrected chi connectivity index (χ3v) is 8.00. The molecule has 0 spiro atoms. The fourth-order valence-corrected chi connectivity index (χ4v) is 6.67. The summed E-state index contributed by atoms with van der Waals surface area (Å²) in [6.07, 6.45) is 2.46. The summed E-state index contributed by atoms with van der Waals surface area (Å²) in [6, 6.07) is 3.92. The molecule has 0 saturated heterocycles. The van der Waals surface area contributed by atoms with E-state index in [0.29, 0.717) is 44.1 Å². The number of nitrogens with zero attached hydrogens (tertiary/aromatic N) is 1. The molecule has 1 heterocycles. The predicted octanol–water partition coefficient (Wildman–Crippen LogP) is 6.19. The molecule has 4 rings (SSSR count). The van der Waals surface area contributed by atoms with Gasteiger partial charge in [0.25, 0.3) is 0 Å². The van der Waals surface area contributed by atoms with Gasteiger partial charge in [0.1, 0.15) is 0 Å². The second-order valence-electron chi connectivity index (χ2n) is 11.6. The Morgan fingerprint density at radius 2 is 1.50 bits per heavy atom. The first-order valence-corrected chi connectivity index (χ1v) is 13.5. The van der Waals surface area contributed by atoms with E-state index in [1.165, 1.54) is 0 Å². The molecule has 6 nitrogen and oxygen atoms in total. The van der Waals surface area contributed by atoms with Gasteiger partial charge in [-0.3, -0.25) is 9.59 Å². The molecule has 36 heavy (non-hydrogen) atoms. The van der Waals surface area contributed by atoms with Crippen LogP contribution in [0.4, 0.5) is 0 Å². The van der Waals surface area contributed by atoms with E-state index in [0.717, 1.165) is 45.4 Å². The summed E-state index contributed by atoms with van der Waals surface area (Å²) < 4.78 is 17.7. The van der Waals surface area contributed by atoms with Crippen LogP contribution in [0.25, 0.3) is 0 Å². The van der Waals surface area contributed by atoms with Gasteiger partial charge in [-0.25, -0.2) is 0 Å². The van der Waals surface area contributed by atoms with E-state index in [9.17, 15) is 9.59 Å². The van der Waals surface area contributed by atoms with Crippen LogP contribution in [0.2, 0.25) is 0 Å². The van der Waals surface area contributed by atoms with Crippen molar-refractivity contribution in [1.82, 2.24) is 4.90 Å². The molecule has 0 bridgehead atoms. The van der Waals surface area contributed by atoms with E-state index < -0.39 is 5.92 Å². The Morgan fingerprint density at radius 3 is 1.97 bits per heavy atom. The van der Waals surface area contributed by atoms with Crippen molar-refractivity contribution in [1.29, 1.82) is 0 Å². The topological polar surface area (TPSA) is 65.1 Å². The van der Waals surface area contributed by atoms with Crippen molar-refractivity contribution < 1.29 is 23.8 Å². The van der Waals surface area contributed by atoms with Crippen LogP contribution >= 0.6 is 15.9 Å². The number of ketones is 2. The molecular formula is C29H38BrNO5. The van der Waals surface area contributed by atoms with Gasteiger partial charge in [-0.1, -0.05) is 27.7 Å². The molecule has 7 heteroatoms. The zero-order chi connectivity index (χ0) is 26.4. The molecule has 0 saturated carbocycles. The molecule has 0 N–H and O–H groups in total. The fraction of sp³-hybridized carbons (Fsp3) is 0.586. The van der Waals surface area contributed by atoms with Crippen LogP contribution in [0, 0.1) is 10.8 Å². The molecule has 1 aliphatic heterocycles. The number of methoxy groups -OCH3 is 2. The number of carbonyl (C=O) groups excluding carboxylic acids is 2. The Bertz CT molecular complexity index is 1090. The van der Waals surface area contributed by atoms with E-state index in [4.69, 9.17) is 14.2 Å². The number of Topliss-reactive ketones (excluding diaryl/α,β-unsaturated/α-hetero) is 2. The number of allylic oxidation sites excluding steroid dienone is 4. The zero-order valence-corrected chi connectivity index (χ0v) is 24.1. The lowest BCUT2D eigenvalue weighted by Crippen LogP contribution is -2.45. The van der Waals surface area contributed by atoms with Crippen molar-refractivity contribution in [2.24, 2.45) is 10.8 Å². The van der Waals surface area contributed by atoms with Gasteiger partial charge in [-0.2, -0.15) is 0 Å². The van der Waals surface area contributed by atoms with Gasteiger partial charge >= 0.3 is 0 Å². The lowest BCUT2D eigenvalue weighted by Gasteiger charge is -2.49. The lowest BCUT2D eigenvalue weighted by atomic mass is 9.63. The summed E-state index contributed by atoms with van der Waals surface area (Å²) >= 11 is 3.65. The Labute approximate surface area is 223 Å². The molecule has 3 aliphatic rings. The first-order chi connectivity index (χ1) is 16.9. The maximum atomic E-state index is 13.9. The highest BCUT2D eigenvalue weighted by Crippen LogP contribution is 2.55. The van der Waals surface area contributed by atoms with Gasteiger partial charge in [-0.15, -0.1) is 0 Å². The molecule has 0 aromatic heterocycles. The maximum Gasteiger partial charge on any atom is 0.174 e. The van der Waals surface area contributed by atoms with Crippen molar-refractivity contribution in [3.63, 3.8) is 0 Å². The number of rotatable bonds is 7. The molecule has 1 aromatic carbocycles. The van der Waals surface area contributed by atoms with Crippen molar-refractivity contribution in [3.8, 4) is 11.5 Å². The van der Waals surface area contributed by atoms with Gasteiger partial charge in [-0.05, 0) is 64.2 Å². The molecule has 2 aliphatic carbocycles. The second-order valence-corrected chi connectivity index (χ2v) is 12.5. The lowest BCUT2D eigenvalue weighted by molar-refractivity contribution is -0.119. The number of benzene rings is 1. The van der Waals surface area contributed by atoms with Crippen LogP contribution in [0.3, 0.4) is 0 Å². The third kappa shape index (κ3) is 4.89. The van der Waals surface area contributed by atoms with E-state index in [2.05, 4.69) is 48.5 Å². The van der Waals surface area contributed by atoms with Crippen LogP contribution in [0.5, 0.6) is 11.5 Å². The van der Waals surface area contributed by atoms with Crippen molar-refractivity contribution in [2.75, 3.05) is 34.0 Å². The molecule has 0 atom stereocenters. The van der Waals surface area contributed by atoms with Gasteiger partial charge in [0.2, 0.25) is 0 Å². The molecule has 0 amide bonds. The standard InChI is InChI=1S/C29H38BrNO5/c1-8-36-23-12-17(11-18(30)27(23)35-7)24-25-19(13-28(2,3)15-21(25)32)31(9-10-34-6)20-14-29(4,5)16-22(33)26(20)24/h11-12,24H,8-10,13-16H2,1-7H3. The first kappa shape index (κ1) is 26.9. The minimum Gasteiger partial charge on any atom is -0.492 e. The number of halogens is 1. The van der Waals surface area contributed by atoms with E-state index in [1.54, 1.807) is 14.2 Å². The highest BCUT2D eigenvalue weighted by molar-refractivity contribution is 9.10. The van der Waals surface area contributed by atoms with E-state index in [-0.39, 0.29) is 22.4 Å². The average Bonchev–Trinajstić information content (AvgIpc) is 2.75. The summed E-state index contributed by atoms with van der Waals surface area (Å²) in [5, 5.41) is 0. The summed E-state index contributed by atoms with van der Waals surface area (Å²) in [5.41, 5.74) is 4.12. The molecule has 0 fully saturated rings. The Hall–Kier alpha value is -2.12. The second kappa shape index (κ2) is 9.97. The Morgan fingerprint density at radius 1 is 0.944 bits per heavy atom. The average molecular weight is 561 g/mol. The first-order valence-electron chi connectivity index (χ1n) is 12.7. The van der Waals surface area contributed by atoms with Crippen molar-refractivity contribution in [3.05, 3.63) is 44.7 Å². The number of carbonyl (C=O) groups is 2. The number of ether oxygens (including phenoxy) is 3. The largest absolute Gasteiger partial charge is 0.492 e. The monoisotopic (exact) mass is 559 g/mol. The minimum atomic E-state index is -0.428. The summed E-state index contributed by atoms with van der Waals surface area (Å²) in [7, 11) is 3.30. The summed E-state index contributed by atoms with van der Waals surface area (Å²) in [4.78, 5) is 30.0. The summed E-state index contributed by atoms with van der Waals surface area (Å²) in [5.74, 6) is 1.00. The fourth-order valence-electron chi connectivity index (χ4n) is 6.05. The molecule has 0 radical (unpaired) electrons. The normalized spacial score (nSPS) is 21.5. The molecule has 0 unspecified atom stereocenters. The molecular weight excluding hydrogens is 522 g/mol. The highest BCUT2D eigenvalue weighted by Gasteiger charge is 2.49. The number of hydrogen-bond acceptors (Lipinski definition) is 6. The van der Waals surface area contributed by atoms with Crippen molar-refractivity contribution in [2.45, 2.75) is 66.2 Å². The quantitative estimate of drug-likeness (QED) is 0.397. The van der Waals surface area contributed by atoms with Gasteiger partial charge in [0, 0.05) is 55.0 Å². The molecule has 196 valence electrons. The minimum absolute atomic E-state index is 0.114. The van der Waals surface area contributed by atoms with Gasteiger partial charge < -0.3 is 19.1 Å². The zero-order valence-electron chi connectivity index (χ0n) is 22.5. The smallest absolute Gasteiger partial charge is 0.174 e. The van der Waals surface area contributed by atoms with Crippen LogP contribution < -0.4 is 9.47 Å². The highest BCUT2D eigenvalue weighted by atomic mass is 79.9. The number of hydrogen-bond donors (Lipinski definition) is 0. The third-order valence-electron chi connectivity index (χ3n) is 7.41. The summed E-state index contributed by atoms with van der Waals surface area (Å²) in [6.45, 7) is 12.1. The maximum absolute atomic E-state index is 13.9. The predicted molar refractivity (Wildman–Crippen MR) is 143 cm³/mol. The Kier molecular flexibility index (Phi) is 7.46. The van der Waals surface area contributed by atoms with E-state index in [1.807, 2.05) is 19.1 Å².